The molecule has 14 heteroatoms. The van der Waals surface area contributed by atoms with Gasteiger partial charge in [0.2, 0.25) is 11.9 Å². The number of hydrogen-bond donors (Lipinski definition) is 2. The molecule has 0 radical (unpaired) electrons. The second-order valence-electron chi connectivity index (χ2n) is 9.34. The van der Waals surface area contributed by atoms with Crippen LogP contribution in [0.1, 0.15) is 6.42 Å². The molecule has 0 spiro atoms. The summed E-state index contributed by atoms with van der Waals surface area (Å²) in [6.45, 7) is 7.07. The summed E-state index contributed by atoms with van der Waals surface area (Å²) in [6, 6.07) is -0.124. The van der Waals surface area contributed by atoms with Crippen LogP contribution in [0.2, 0.25) is 0 Å². The number of carbonyl (C=O) groups is 2. The first-order chi connectivity index (χ1) is 17.8. The molecule has 2 fully saturated rings. The molecular formula is C23H31N10O3S+. The Kier molecular flexibility index (Phi) is 6.88. The predicted octanol–water partition coefficient (Wildman–Crippen LogP) is 0.402. The SMILES string of the molecule is C=CC(=O)N1CC[C@H]([N+](C)(S)C(=O)CNc2nc(N3CCOCC3)nc3c2ncn3-c2cnn(C)c2)C1. The lowest BCUT2D eigenvalue weighted by Crippen LogP contribution is -2.52. The maximum atomic E-state index is 13.3. The van der Waals surface area contributed by atoms with Gasteiger partial charge in [0.25, 0.3) is 0 Å². The molecule has 0 bridgehead atoms. The Hall–Kier alpha value is -3.49. The summed E-state index contributed by atoms with van der Waals surface area (Å²) in [5.74, 6) is 0.719. The zero-order chi connectivity index (χ0) is 26.2. The molecule has 2 aliphatic rings. The van der Waals surface area contributed by atoms with Gasteiger partial charge in [0.1, 0.15) is 18.9 Å². The van der Waals surface area contributed by atoms with E-state index in [9.17, 15) is 9.59 Å². The van der Waals surface area contributed by atoms with Crippen molar-refractivity contribution in [1.29, 1.82) is 0 Å². The number of hydrogen-bond acceptors (Lipinski definition) is 10. The lowest BCUT2D eigenvalue weighted by Gasteiger charge is -2.30. The molecule has 0 saturated carbocycles. The third-order valence-electron chi connectivity index (χ3n) is 6.92. The fourth-order valence-electron chi connectivity index (χ4n) is 4.64. The van der Waals surface area contributed by atoms with Gasteiger partial charge < -0.3 is 19.9 Å². The lowest BCUT2D eigenvalue weighted by molar-refractivity contribution is -0.717. The Bertz CT molecular complexity index is 1330. The summed E-state index contributed by atoms with van der Waals surface area (Å²) in [5, 5.41) is 7.45. The van der Waals surface area contributed by atoms with E-state index in [-0.39, 0.29) is 28.3 Å². The fourth-order valence-corrected chi connectivity index (χ4v) is 4.90. The minimum absolute atomic E-state index is 0.0136. The number of morpholine rings is 1. The average Bonchev–Trinajstić information content (AvgIpc) is 3.66. The second kappa shape index (κ2) is 10.1. The summed E-state index contributed by atoms with van der Waals surface area (Å²) < 4.78 is 8.90. The van der Waals surface area contributed by atoms with Crippen LogP contribution in [0.3, 0.4) is 0 Å². The highest BCUT2D eigenvalue weighted by molar-refractivity contribution is 7.74. The number of amides is 2. The molecule has 2 atom stereocenters. The van der Waals surface area contributed by atoms with Crippen LogP contribution in [0.4, 0.5) is 11.8 Å². The number of imidazole rings is 1. The van der Waals surface area contributed by atoms with E-state index in [0.717, 1.165) is 5.69 Å². The zero-order valence-corrected chi connectivity index (χ0v) is 21.8. The van der Waals surface area contributed by atoms with Gasteiger partial charge in [0, 0.05) is 39.3 Å². The summed E-state index contributed by atoms with van der Waals surface area (Å²) in [4.78, 5) is 43.2. The second-order valence-corrected chi connectivity index (χ2v) is 10.2. The summed E-state index contributed by atoms with van der Waals surface area (Å²) >= 11 is 4.69. The van der Waals surface area contributed by atoms with E-state index in [0.29, 0.717) is 68.7 Å². The summed E-state index contributed by atoms with van der Waals surface area (Å²) in [6.07, 6.45) is 7.26. The number of ether oxygens (including phenoxy) is 1. The molecule has 2 saturated heterocycles. The van der Waals surface area contributed by atoms with Crippen LogP contribution in [0, 0.1) is 0 Å². The highest BCUT2D eigenvalue weighted by Gasteiger charge is 2.42. The monoisotopic (exact) mass is 527 g/mol. The Balaban J connectivity index is 1.40. The number of anilines is 2. The number of quaternary nitrogens is 1. The molecule has 196 valence electrons. The fraction of sp³-hybridized carbons (Fsp3) is 0.478. The van der Waals surface area contributed by atoms with Gasteiger partial charge in [-0.1, -0.05) is 6.58 Å². The van der Waals surface area contributed by atoms with E-state index >= 15 is 0 Å². The Morgan fingerprint density at radius 1 is 1.30 bits per heavy atom. The third kappa shape index (κ3) is 4.91. The minimum atomic E-state index is -0.150. The van der Waals surface area contributed by atoms with Gasteiger partial charge in [-0.05, 0) is 6.08 Å². The van der Waals surface area contributed by atoms with E-state index in [1.165, 1.54) is 6.08 Å². The minimum Gasteiger partial charge on any atom is -0.378 e. The Labute approximate surface area is 219 Å². The van der Waals surface area contributed by atoms with Crippen molar-refractivity contribution >= 4 is 47.6 Å². The standard InChI is InChI=1S/C23H31N10O3S/c1-4-18(34)31-6-5-17(14-31)33(3,37)19(35)12-24-21-20-22(28-23(27-21)30-7-9-36-10-8-30)32(15-25-20)16-11-26-29(2)13-16/h4,11,13,15,17,37H,1,5-10,12,14H2,2-3H3,(H,24,27,28)/q+1/t17-,33?/m0/s1. The molecule has 2 aliphatic heterocycles. The first kappa shape index (κ1) is 25.2. The molecular weight excluding hydrogens is 496 g/mol. The predicted molar refractivity (Wildman–Crippen MR) is 140 cm³/mol. The average molecular weight is 528 g/mol. The molecule has 13 nitrogen and oxygen atoms in total. The maximum Gasteiger partial charge on any atom is 0.344 e. The van der Waals surface area contributed by atoms with Crippen LogP contribution in [0.25, 0.3) is 16.9 Å². The van der Waals surface area contributed by atoms with Crippen molar-refractivity contribution in [1.82, 2.24) is 34.2 Å². The van der Waals surface area contributed by atoms with Crippen molar-refractivity contribution in [3.05, 3.63) is 31.4 Å². The van der Waals surface area contributed by atoms with Gasteiger partial charge in [0.05, 0.1) is 51.5 Å². The highest BCUT2D eigenvalue weighted by atomic mass is 32.1. The van der Waals surface area contributed by atoms with Gasteiger partial charge in [-0.2, -0.15) is 19.0 Å². The molecule has 3 aromatic heterocycles. The number of carbonyl (C=O) groups excluding carboxylic acids is 2. The highest BCUT2D eigenvalue weighted by Crippen LogP contribution is 2.27. The molecule has 5 rings (SSSR count). The number of nitrogens with zero attached hydrogens (tertiary/aromatic N) is 9. The van der Waals surface area contributed by atoms with Crippen molar-refractivity contribution in [3.8, 4) is 5.69 Å². The van der Waals surface area contributed by atoms with Crippen molar-refractivity contribution < 1.29 is 18.2 Å². The summed E-state index contributed by atoms with van der Waals surface area (Å²) in [5.41, 5.74) is 1.97. The van der Waals surface area contributed by atoms with Crippen LogP contribution in [0.15, 0.2) is 31.4 Å². The van der Waals surface area contributed by atoms with E-state index < -0.39 is 0 Å². The number of thiol groups is 1. The normalized spacial score (nSPS) is 19.7. The van der Waals surface area contributed by atoms with Crippen LogP contribution >= 0.6 is 12.8 Å². The van der Waals surface area contributed by atoms with Gasteiger partial charge >= 0.3 is 5.91 Å². The lowest BCUT2D eigenvalue weighted by atomic mass is 10.2. The van der Waals surface area contributed by atoms with Gasteiger partial charge in [-0.15, -0.1) is 0 Å². The van der Waals surface area contributed by atoms with Crippen molar-refractivity contribution in [3.63, 3.8) is 0 Å². The summed E-state index contributed by atoms with van der Waals surface area (Å²) in [7, 11) is 3.60. The molecule has 37 heavy (non-hydrogen) atoms. The number of nitrogens with one attached hydrogen (secondary N) is 1. The van der Waals surface area contributed by atoms with E-state index in [4.69, 9.17) is 27.5 Å². The topological polar surface area (TPSA) is 123 Å². The maximum absolute atomic E-state index is 13.3. The first-order valence-electron chi connectivity index (χ1n) is 12.1. The van der Waals surface area contributed by atoms with Crippen molar-refractivity contribution in [2.75, 3.05) is 63.2 Å². The molecule has 0 aromatic carbocycles. The molecule has 0 aliphatic carbocycles. The number of fused-ring (bicyclic) bond motifs is 1. The van der Waals surface area contributed by atoms with E-state index in [1.807, 2.05) is 17.8 Å². The number of rotatable bonds is 7. The van der Waals surface area contributed by atoms with Crippen molar-refractivity contribution in [2.24, 2.45) is 7.05 Å². The quantitative estimate of drug-likeness (QED) is 0.255. The van der Waals surface area contributed by atoms with Crippen LogP contribution in [-0.4, -0.2) is 109 Å². The van der Waals surface area contributed by atoms with Crippen molar-refractivity contribution in [2.45, 2.75) is 12.5 Å². The van der Waals surface area contributed by atoms with Crippen LogP contribution in [-0.2, 0) is 21.4 Å². The third-order valence-corrected chi connectivity index (χ3v) is 7.47. The van der Waals surface area contributed by atoms with Crippen LogP contribution in [0.5, 0.6) is 0 Å². The molecule has 2 amide bonds. The van der Waals surface area contributed by atoms with E-state index in [1.54, 1.807) is 29.2 Å². The number of aromatic nitrogens is 6. The number of aryl methyl sites for hydroxylation is 1. The van der Waals surface area contributed by atoms with Gasteiger partial charge in [-0.25, -0.2) is 9.78 Å². The Morgan fingerprint density at radius 3 is 2.78 bits per heavy atom. The van der Waals surface area contributed by atoms with Crippen LogP contribution < -0.4 is 10.2 Å². The Morgan fingerprint density at radius 2 is 2.08 bits per heavy atom. The molecule has 5 heterocycles. The van der Waals surface area contributed by atoms with Gasteiger partial charge in [-0.3, -0.25) is 14.0 Å². The van der Waals surface area contributed by atoms with E-state index in [2.05, 4.69) is 26.9 Å². The number of likely N-dealkylation sites (N-methyl/N-ethyl adjacent to an activating group) is 1. The number of likely N-dealkylation sites (tertiary alicyclic amines) is 1. The first-order valence-corrected chi connectivity index (χ1v) is 12.5. The largest absolute Gasteiger partial charge is 0.378 e. The smallest absolute Gasteiger partial charge is 0.344 e. The van der Waals surface area contributed by atoms with Gasteiger partial charge in [0.15, 0.2) is 17.0 Å². The molecule has 1 N–H and O–H groups in total. The molecule has 3 aromatic rings. The molecule has 1 unspecified atom stereocenters. The zero-order valence-electron chi connectivity index (χ0n) is 20.9.